The van der Waals surface area contributed by atoms with Crippen LogP contribution < -0.4 is 0 Å². The van der Waals surface area contributed by atoms with E-state index in [9.17, 15) is 22.8 Å². The molecule has 0 spiro atoms. The summed E-state index contributed by atoms with van der Waals surface area (Å²) in [5.74, 6) is -0.296. The molecular formula is C15H15F3N2O3. The summed E-state index contributed by atoms with van der Waals surface area (Å²) in [6.45, 7) is 1.08. The molecular weight excluding hydrogens is 313 g/mol. The van der Waals surface area contributed by atoms with Crippen molar-refractivity contribution in [3.63, 3.8) is 0 Å². The average Bonchev–Trinajstić information content (AvgIpc) is 2.52. The number of benzene rings is 1. The van der Waals surface area contributed by atoms with Gasteiger partial charge >= 0.3 is 12.3 Å². The number of carboxylic acid groups (broad SMARTS) is 1. The van der Waals surface area contributed by atoms with Crippen LogP contribution >= 0.6 is 0 Å². The first kappa shape index (κ1) is 16.9. The zero-order valence-corrected chi connectivity index (χ0v) is 12.1. The SMILES string of the molecule is O=C(O)N1CCN(C(=O)/C=C/c2ccc(C(F)(F)F)cc2)CC1. The molecule has 0 aromatic heterocycles. The second kappa shape index (κ2) is 6.72. The molecule has 0 aliphatic carbocycles. The van der Waals surface area contributed by atoms with Gasteiger partial charge in [0.15, 0.2) is 0 Å². The monoisotopic (exact) mass is 328 g/mol. The van der Waals surface area contributed by atoms with Crippen molar-refractivity contribution < 1.29 is 27.9 Å². The molecule has 1 fully saturated rings. The summed E-state index contributed by atoms with van der Waals surface area (Å²) in [7, 11) is 0. The van der Waals surface area contributed by atoms with Gasteiger partial charge in [-0.2, -0.15) is 13.2 Å². The van der Waals surface area contributed by atoms with Crippen molar-refractivity contribution in [2.24, 2.45) is 0 Å². The number of alkyl halides is 3. The zero-order chi connectivity index (χ0) is 17.0. The summed E-state index contributed by atoms with van der Waals surface area (Å²) in [6.07, 6.45) is -2.69. The lowest BCUT2D eigenvalue weighted by Crippen LogP contribution is -2.49. The molecule has 0 radical (unpaired) electrons. The molecule has 0 atom stereocenters. The minimum atomic E-state index is -4.39. The van der Waals surface area contributed by atoms with Gasteiger partial charge in [0.05, 0.1) is 5.56 Å². The highest BCUT2D eigenvalue weighted by Gasteiger charge is 2.29. The van der Waals surface area contributed by atoms with Gasteiger partial charge in [0.2, 0.25) is 5.91 Å². The van der Waals surface area contributed by atoms with Crippen LogP contribution in [0.2, 0.25) is 0 Å². The number of hydrogen-bond acceptors (Lipinski definition) is 2. The van der Waals surface area contributed by atoms with E-state index in [4.69, 9.17) is 5.11 Å². The van der Waals surface area contributed by atoms with Crippen molar-refractivity contribution in [2.75, 3.05) is 26.2 Å². The van der Waals surface area contributed by atoms with Crippen LogP contribution in [0.1, 0.15) is 11.1 Å². The molecule has 5 nitrogen and oxygen atoms in total. The predicted octanol–water partition coefficient (Wildman–Crippen LogP) is 2.54. The lowest BCUT2D eigenvalue weighted by molar-refractivity contribution is -0.137. The Morgan fingerprint density at radius 3 is 2.00 bits per heavy atom. The van der Waals surface area contributed by atoms with Gasteiger partial charge in [0.1, 0.15) is 0 Å². The van der Waals surface area contributed by atoms with E-state index >= 15 is 0 Å². The van der Waals surface area contributed by atoms with E-state index in [1.165, 1.54) is 34.1 Å². The van der Waals surface area contributed by atoms with Crippen LogP contribution in [0.3, 0.4) is 0 Å². The summed E-state index contributed by atoms with van der Waals surface area (Å²) in [5, 5.41) is 8.82. The summed E-state index contributed by atoms with van der Waals surface area (Å²) >= 11 is 0. The third kappa shape index (κ3) is 4.48. The number of hydrogen-bond donors (Lipinski definition) is 1. The molecule has 1 saturated heterocycles. The number of amides is 2. The van der Waals surface area contributed by atoms with Crippen LogP contribution in [0.4, 0.5) is 18.0 Å². The fourth-order valence-corrected chi connectivity index (χ4v) is 2.17. The highest BCUT2D eigenvalue weighted by atomic mass is 19.4. The van der Waals surface area contributed by atoms with Crippen LogP contribution in [0, 0.1) is 0 Å². The standard InChI is InChI=1S/C15H15F3N2O3/c16-15(17,18)12-4-1-11(2-5-12)3-6-13(21)19-7-9-20(10-8-19)14(22)23/h1-6H,7-10H2,(H,22,23)/b6-3+. The van der Waals surface area contributed by atoms with E-state index in [2.05, 4.69) is 0 Å². The van der Waals surface area contributed by atoms with Crippen LogP contribution in [0.5, 0.6) is 0 Å². The third-order valence-corrected chi connectivity index (χ3v) is 3.52. The first-order valence-electron chi connectivity index (χ1n) is 6.89. The first-order chi connectivity index (χ1) is 10.8. The Bertz CT molecular complexity index is 603. The quantitative estimate of drug-likeness (QED) is 0.849. The summed E-state index contributed by atoms with van der Waals surface area (Å²) in [6, 6.07) is 4.48. The number of nitrogens with zero attached hydrogens (tertiary/aromatic N) is 2. The molecule has 23 heavy (non-hydrogen) atoms. The smallest absolute Gasteiger partial charge is 0.416 e. The fraction of sp³-hybridized carbons (Fsp3) is 0.333. The summed E-state index contributed by atoms with van der Waals surface area (Å²) in [5.41, 5.74) is -0.263. The van der Waals surface area contributed by atoms with Crippen molar-refractivity contribution in [2.45, 2.75) is 6.18 Å². The molecule has 0 saturated carbocycles. The largest absolute Gasteiger partial charge is 0.465 e. The lowest BCUT2D eigenvalue weighted by Gasteiger charge is -2.32. The van der Waals surface area contributed by atoms with Gasteiger partial charge in [-0.15, -0.1) is 0 Å². The number of piperazine rings is 1. The molecule has 1 aliphatic rings. The van der Waals surface area contributed by atoms with Gasteiger partial charge in [0.25, 0.3) is 0 Å². The third-order valence-electron chi connectivity index (χ3n) is 3.52. The first-order valence-corrected chi connectivity index (χ1v) is 6.89. The minimum Gasteiger partial charge on any atom is -0.465 e. The van der Waals surface area contributed by atoms with Crippen molar-refractivity contribution >= 4 is 18.1 Å². The Morgan fingerprint density at radius 2 is 1.52 bits per heavy atom. The summed E-state index contributed by atoms with van der Waals surface area (Å²) in [4.78, 5) is 25.5. The maximum Gasteiger partial charge on any atom is 0.416 e. The molecule has 124 valence electrons. The van der Waals surface area contributed by atoms with Crippen molar-refractivity contribution in [1.29, 1.82) is 0 Å². The number of halogens is 3. The highest BCUT2D eigenvalue weighted by molar-refractivity contribution is 5.92. The van der Waals surface area contributed by atoms with Gasteiger partial charge in [0, 0.05) is 32.3 Å². The van der Waals surface area contributed by atoms with E-state index in [1.807, 2.05) is 0 Å². The highest BCUT2D eigenvalue weighted by Crippen LogP contribution is 2.29. The Kier molecular flexibility index (Phi) is 4.92. The molecule has 1 N–H and O–H groups in total. The van der Waals surface area contributed by atoms with Gasteiger partial charge in [-0.1, -0.05) is 12.1 Å². The molecule has 1 aromatic carbocycles. The summed E-state index contributed by atoms with van der Waals surface area (Å²) < 4.78 is 37.3. The van der Waals surface area contributed by atoms with Gasteiger partial charge in [-0.25, -0.2) is 4.79 Å². The van der Waals surface area contributed by atoms with Gasteiger partial charge in [-0.05, 0) is 23.8 Å². The van der Waals surface area contributed by atoms with Crippen LogP contribution in [-0.2, 0) is 11.0 Å². The molecule has 2 amide bonds. The zero-order valence-electron chi connectivity index (χ0n) is 12.1. The van der Waals surface area contributed by atoms with Crippen LogP contribution in [0.25, 0.3) is 6.08 Å². The Hall–Kier alpha value is -2.51. The maximum absolute atomic E-state index is 12.4. The van der Waals surface area contributed by atoms with Gasteiger partial charge in [-0.3, -0.25) is 4.79 Å². The van der Waals surface area contributed by atoms with E-state index in [-0.39, 0.29) is 19.0 Å². The lowest BCUT2D eigenvalue weighted by atomic mass is 10.1. The van der Waals surface area contributed by atoms with Crippen molar-refractivity contribution in [3.05, 3.63) is 41.5 Å². The second-order valence-electron chi connectivity index (χ2n) is 5.05. The normalized spacial score (nSPS) is 16.0. The maximum atomic E-state index is 12.4. The van der Waals surface area contributed by atoms with Crippen LogP contribution in [0.15, 0.2) is 30.3 Å². The molecule has 8 heteroatoms. The Balaban J connectivity index is 1.93. The predicted molar refractivity (Wildman–Crippen MR) is 76.7 cm³/mol. The number of carbonyl (C=O) groups is 2. The van der Waals surface area contributed by atoms with E-state index in [0.717, 1.165) is 12.1 Å². The fourth-order valence-electron chi connectivity index (χ4n) is 2.17. The average molecular weight is 328 g/mol. The topological polar surface area (TPSA) is 60.9 Å². The Labute approximate surface area is 130 Å². The van der Waals surface area contributed by atoms with E-state index in [0.29, 0.717) is 18.7 Å². The number of carbonyl (C=O) groups excluding carboxylic acids is 1. The van der Waals surface area contributed by atoms with Crippen LogP contribution in [-0.4, -0.2) is 53.1 Å². The second-order valence-corrected chi connectivity index (χ2v) is 5.05. The molecule has 1 aromatic rings. The molecule has 1 aliphatic heterocycles. The van der Waals surface area contributed by atoms with Crippen molar-refractivity contribution in [3.8, 4) is 0 Å². The molecule has 0 bridgehead atoms. The molecule has 0 unspecified atom stereocenters. The molecule has 2 rings (SSSR count). The number of rotatable bonds is 2. The van der Waals surface area contributed by atoms with E-state index in [1.54, 1.807) is 0 Å². The molecule has 1 heterocycles. The van der Waals surface area contributed by atoms with Gasteiger partial charge < -0.3 is 14.9 Å². The van der Waals surface area contributed by atoms with Crippen molar-refractivity contribution in [1.82, 2.24) is 9.80 Å². The minimum absolute atomic E-state index is 0.245. The Morgan fingerprint density at radius 1 is 1.00 bits per heavy atom. The van der Waals surface area contributed by atoms with E-state index < -0.39 is 17.8 Å².